The average molecular weight is 265 g/mol. The fourth-order valence-corrected chi connectivity index (χ4v) is 2.58. The minimum atomic E-state index is -0.131. The summed E-state index contributed by atoms with van der Waals surface area (Å²) in [5, 5.41) is 13.1. The van der Waals surface area contributed by atoms with Crippen LogP contribution in [0.15, 0.2) is 0 Å². The molecule has 6 heteroatoms. The Morgan fingerprint density at radius 2 is 2.32 bits per heavy atom. The maximum Gasteiger partial charge on any atom is 0.273 e. The van der Waals surface area contributed by atoms with Gasteiger partial charge in [0.15, 0.2) is 5.69 Å². The Morgan fingerprint density at radius 3 is 2.95 bits per heavy atom. The van der Waals surface area contributed by atoms with E-state index in [0.29, 0.717) is 23.2 Å². The molecule has 1 aliphatic heterocycles. The van der Waals surface area contributed by atoms with Gasteiger partial charge < -0.3 is 10.2 Å². The van der Waals surface area contributed by atoms with Gasteiger partial charge in [0.2, 0.25) is 0 Å². The van der Waals surface area contributed by atoms with Crippen LogP contribution in [0.5, 0.6) is 0 Å². The van der Waals surface area contributed by atoms with E-state index in [-0.39, 0.29) is 5.91 Å². The number of nitrogens with one attached hydrogen (secondary N) is 2. The van der Waals surface area contributed by atoms with Crippen LogP contribution in [0.25, 0.3) is 0 Å². The van der Waals surface area contributed by atoms with Gasteiger partial charge in [0, 0.05) is 19.6 Å². The molecule has 0 bridgehead atoms. The van der Waals surface area contributed by atoms with Crippen molar-refractivity contribution in [3.63, 3.8) is 0 Å². The molecule has 1 amide bonds. The second-order valence-corrected chi connectivity index (χ2v) is 5.78. The number of nitrogens with zero attached hydrogens (tertiary/aromatic N) is 3. The highest BCUT2D eigenvalue weighted by atomic mass is 16.2. The van der Waals surface area contributed by atoms with Gasteiger partial charge in [-0.3, -0.25) is 4.79 Å². The van der Waals surface area contributed by atoms with Crippen LogP contribution >= 0.6 is 0 Å². The van der Waals surface area contributed by atoms with E-state index in [1.54, 1.807) is 6.92 Å². The molecular weight excluding hydrogens is 242 g/mol. The van der Waals surface area contributed by atoms with Crippen LogP contribution in [-0.4, -0.2) is 52.4 Å². The molecular formula is C13H23N5O. The van der Waals surface area contributed by atoms with E-state index >= 15 is 0 Å². The minimum Gasteiger partial charge on any atom is -0.350 e. The summed E-state index contributed by atoms with van der Waals surface area (Å²) in [4.78, 5) is 14.4. The highest BCUT2D eigenvalue weighted by Crippen LogP contribution is 2.16. The first-order chi connectivity index (χ1) is 9.06. The summed E-state index contributed by atoms with van der Waals surface area (Å²) in [6.45, 7) is 10.3. The molecule has 1 aromatic rings. The molecule has 0 saturated carbocycles. The summed E-state index contributed by atoms with van der Waals surface area (Å²) in [5.41, 5.74) is 1.04. The second kappa shape index (κ2) is 6.14. The third kappa shape index (κ3) is 3.76. The first-order valence-electron chi connectivity index (χ1n) is 6.94. The fraction of sp³-hybridized carbons (Fsp3) is 0.769. The smallest absolute Gasteiger partial charge is 0.273 e. The molecule has 0 aromatic carbocycles. The monoisotopic (exact) mass is 265 g/mol. The van der Waals surface area contributed by atoms with Crippen molar-refractivity contribution in [3.05, 3.63) is 11.4 Å². The number of H-pyrrole nitrogens is 1. The van der Waals surface area contributed by atoms with Crippen LogP contribution in [0.4, 0.5) is 0 Å². The van der Waals surface area contributed by atoms with E-state index in [2.05, 4.69) is 39.5 Å². The predicted octanol–water partition coefficient (Wildman–Crippen LogP) is 0.821. The molecule has 1 aliphatic rings. The largest absolute Gasteiger partial charge is 0.350 e. The van der Waals surface area contributed by atoms with Gasteiger partial charge in [0.1, 0.15) is 0 Å². The van der Waals surface area contributed by atoms with Gasteiger partial charge in [0.05, 0.1) is 5.69 Å². The molecule has 6 nitrogen and oxygen atoms in total. The van der Waals surface area contributed by atoms with Gasteiger partial charge in [-0.2, -0.15) is 15.4 Å². The van der Waals surface area contributed by atoms with Gasteiger partial charge in [-0.15, -0.1) is 0 Å². The van der Waals surface area contributed by atoms with Crippen LogP contribution in [-0.2, 0) is 0 Å². The van der Waals surface area contributed by atoms with Crippen LogP contribution in [0.2, 0.25) is 0 Å². The fourth-order valence-electron chi connectivity index (χ4n) is 2.58. The Labute approximate surface area is 113 Å². The van der Waals surface area contributed by atoms with E-state index in [9.17, 15) is 4.79 Å². The van der Waals surface area contributed by atoms with Gasteiger partial charge in [-0.1, -0.05) is 13.8 Å². The Morgan fingerprint density at radius 1 is 1.53 bits per heavy atom. The highest BCUT2D eigenvalue weighted by molar-refractivity contribution is 5.93. The average Bonchev–Trinajstić information content (AvgIpc) is 2.94. The Balaban J connectivity index is 1.75. The quantitative estimate of drug-likeness (QED) is 0.826. The van der Waals surface area contributed by atoms with Gasteiger partial charge in [0.25, 0.3) is 5.91 Å². The number of aromatic nitrogens is 3. The third-order valence-corrected chi connectivity index (χ3v) is 3.48. The van der Waals surface area contributed by atoms with Crippen LogP contribution in [0, 0.1) is 18.8 Å². The summed E-state index contributed by atoms with van der Waals surface area (Å²) in [6, 6.07) is 0. The number of rotatable bonds is 5. The molecule has 0 aliphatic carbocycles. The molecule has 106 valence electrons. The number of carbonyl (C=O) groups excluding carboxylic acids is 1. The molecule has 0 radical (unpaired) electrons. The molecule has 1 aromatic heterocycles. The molecule has 1 atom stereocenters. The number of amides is 1. The first kappa shape index (κ1) is 14.0. The van der Waals surface area contributed by atoms with Crippen molar-refractivity contribution in [1.29, 1.82) is 0 Å². The third-order valence-electron chi connectivity index (χ3n) is 3.48. The zero-order chi connectivity index (χ0) is 13.8. The molecule has 0 spiro atoms. The van der Waals surface area contributed by atoms with Crippen LogP contribution < -0.4 is 5.32 Å². The number of hydrogen-bond donors (Lipinski definition) is 2. The topological polar surface area (TPSA) is 73.9 Å². The van der Waals surface area contributed by atoms with Crippen LogP contribution in [0.1, 0.15) is 36.5 Å². The second-order valence-electron chi connectivity index (χ2n) is 5.78. The zero-order valence-electron chi connectivity index (χ0n) is 11.9. The molecule has 2 N–H and O–H groups in total. The Hall–Kier alpha value is -1.43. The number of aryl methyl sites for hydroxylation is 1. The molecule has 2 heterocycles. The number of hydrogen-bond acceptors (Lipinski definition) is 4. The standard InChI is InChI=1S/C13H23N5O/c1-9(2)7-18-5-4-11(8-18)6-14-13(19)12-10(3)15-17-16-12/h9,11H,4-8H2,1-3H3,(H,14,19)(H,15,16,17). The molecule has 1 unspecified atom stereocenters. The van der Waals surface area contributed by atoms with Crippen molar-refractivity contribution < 1.29 is 4.79 Å². The van der Waals surface area contributed by atoms with E-state index in [4.69, 9.17) is 0 Å². The summed E-state index contributed by atoms with van der Waals surface area (Å²) < 4.78 is 0. The number of carbonyl (C=O) groups is 1. The summed E-state index contributed by atoms with van der Waals surface area (Å²) in [7, 11) is 0. The van der Waals surface area contributed by atoms with Crippen molar-refractivity contribution in [3.8, 4) is 0 Å². The van der Waals surface area contributed by atoms with Crippen molar-refractivity contribution in [1.82, 2.24) is 25.6 Å². The zero-order valence-corrected chi connectivity index (χ0v) is 11.9. The lowest BCUT2D eigenvalue weighted by Crippen LogP contribution is -2.32. The predicted molar refractivity (Wildman–Crippen MR) is 72.8 cm³/mol. The summed E-state index contributed by atoms with van der Waals surface area (Å²) in [5.74, 6) is 1.12. The minimum absolute atomic E-state index is 0.131. The van der Waals surface area contributed by atoms with Crippen molar-refractivity contribution in [2.24, 2.45) is 11.8 Å². The number of aromatic amines is 1. The molecule has 19 heavy (non-hydrogen) atoms. The molecule has 1 saturated heterocycles. The Kier molecular flexibility index (Phi) is 4.52. The lowest BCUT2D eigenvalue weighted by atomic mass is 10.1. The van der Waals surface area contributed by atoms with E-state index < -0.39 is 0 Å². The molecule has 2 rings (SSSR count). The summed E-state index contributed by atoms with van der Waals surface area (Å²) in [6.07, 6.45) is 1.16. The highest BCUT2D eigenvalue weighted by Gasteiger charge is 2.23. The van der Waals surface area contributed by atoms with Crippen molar-refractivity contribution >= 4 is 5.91 Å². The van der Waals surface area contributed by atoms with Gasteiger partial charge >= 0.3 is 0 Å². The first-order valence-corrected chi connectivity index (χ1v) is 6.94. The van der Waals surface area contributed by atoms with Crippen LogP contribution in [0.3, 0.4) is 0 Å². The van der Waals surface area contributed by atoms with Gasteiger partial charge in [-0.25, -0.2) is 0 Å². The maximum atomic E-state index is 11.9. The summed E-state index contributed by atoms with van der Waals surface area (Å²) >= 11 is 0. The number of likely N-dealkylation sites (tertiary alicyclic amines) is 1. The van der Waals surface area contributed by atoms with Crippen molar-refractivity contribution in [2.75, 3.05) is 26.2 Å². The maximum absolute atomic E-state index is 11.9. The lowest BCUT2D eigenvalue weighted by molar-refractivity contribution is 0.0941. The Bertz CT molecular complexity index is 428. The molecule has 1 fully saturated rings. The van der Waals surface area contributed by atoms with E-state index in [1.807, 2.05) is 0 Å². The normalized spacial score (nSPS) is 20.1. The lowest BCUT2D eigenvalue weighted by Gasteiger charge is -2.18. The van der Waals surface area contributed by atoms with Crippen molar-refractivity contribution in [2.45, 2.75) is 27.2 Å². The van der Waals surface area contributed by atoms with Gasteiger partial charge in [-0.05, 0) is 31.7 Å². The van der Waals surface area contributed by atoms with E-state index in [0.717, 1.165) is 32.6 Å². The SMILES string of the molecule is Cc1n[nH]nc1C(=O)NCC1CCN(CC(C)C)C1. The van der Waals surface area contributed by atoms with E-state index in [1.165, 1.54) is 0 Å².